The van der Waals surface area contributed by atoms with E-state index in [1.54, 1.807) is 0 Å². The van der Waals surface area contributed by atoms with Gasteiger partial charge >= 0.3 is 0 Å². The maximum Gasteiger partial charge on any atom is 0.115 e. The third kappa shape index (κ3) is 2.16. The molecule has 2 nitrogen and oxygen atoms in total. The molecule has 0 amide bonds. The van der Waals surface area contributed by atoms with E-state index in [-0.39, 0.29) is 28.5 Å². The Morgan fingerprint density at radius 1 is 1.14 bits per heavy atom. The molecule has 0 saturated heterocycles. The minimum atomic E-state index is -0.0883. The summed E-state index contributed by atoms with van der Waals surface area (Å²) in [6.45, 7) is 2.32. The number of phenolic OH excluding ortho intramolecular Hbond substituents is 1. The number of aromatic hydroxyl groups is 1. The molecule has 0 aliphatic heterocycles. The van der Waals surface area contributed by atoms with Crippen LogP contribution in [0.2, 0.25) is 0 Å². The number of aryl methyl sites for hydroxylation is 1. The van der Waals surface area contributed by atoms with Gasteiger partial charge in [-0.2, -0.15) is 0 Å². The first-order chi connectivity index (χ1) is 9.59. The van der Waals surface area contributed by atoms with Crippen molar-refractivity contribution >= 4 is 17.0 Å². The molecule has 0 bridgehead atoms. The summed E-state index contributed by atoms with van der Waals surface area (Å²) in [6.07, 6.45) is 6.78. The van der Waals surface area contributed by atoms with Crippen molar-refractivity contribution in [1.82, 2.24) is 0 Å². The standard InChI is InChI=1S/C18H24O2.BrH/c1-18-9-8-14-13-5-3-12(19)10-11(13)2-4-15(14)16(18)6-7-17(18)20;/h3,5,10,14-17,19-20H,2,4,6-9H2,1H3;1H/t14-,15-,16+,17-,18+;/m1./s1. The Labute approximate surface area is 137 Å². The summed E-state index contributed by atoms with van der Waals surface area (Å²) in [5.41, 5.74) is 2.99. The van der Waals surface area contributed by atoms with Gasteiger partial charge < -0.3 is 10.2 Å². The maximum atomic E-state index is 10.4. The highest BCUT2D eigenvalue weighted by Crippen LogP contribution is 2.60. The second kappa shape index (κ2) is 5.27. The van der Waals surface area contributed by atoms with Crippen LogP contribution in [0.25, 0.3) is 0 Å². The fourth-order valence-corrected chi connectivity index (χ4v) is 5.54. The molecule has 4 rings (SSSR count). The Kier molecular flexibility index (Phi) is 3.86. The molecular formula is C18H25BrO2. The lowest BCUT2D eigenvalue weighted by molar-refractivity contribution is -0.0226. The Bertz CT molecular complexity index is 544. The number of hydrogen-bond donors (Lipinski definition) is 2. The summed E-state index contributed by atoms with van der Waals surface area (Å²) in [6, 6.07) is 5.96. The summed E-state index contributed by atoms with van der Waals surface area (Å²) >= 11 is 0. The van der Waals surface area contributed by atoms with Gasteiger partial charge in [0.25, 0.3) is 0 Å². The van der Waals surface area contributed by atoms with Crippen LogP contribution in [0.4, 0.5) is 0 Å². The van der Waals surface area contributed by atoms with Crippen molar-refractivity contribution < 1.29 is 10.2 Å². The van der Waals surface area contributed by atoms with Gasteiger partial charge in [0.15, 0.2) is 0 Å². The molecule has 21 heavy (non-hydrogen) atoms. The molecule has 3 aliphatic carbocycles. The van der Waals surface area contributed by atoms with Crippen molar-refractivity contribution in [2.24, 2.45) is 17.3 Å². The third-order valence-corrected chi connectivity index (χ3v) is 6.66. The molecule has 1 aromatic rings. The van der Waals surface area contributed by atoms with Gasteiger partial charge in [0.05, 0.1) is 6.10 Å². The largest absolute Gasteiger partial charge is 0.508 e. The number of phenols is 1. The molecule has 3 heteroatoms. The van der Waals surface area contributed by atoms with Gasteiger partial charge in [-0.1, -0.05) is 13.0 Å². The van der Waals surface area contributed by atoms with E-state index in [1.807, 2.05) is 12.1 Å². The van der Waals surface area contributed by atoms with Gasteiger partial charge in [-0.3, -0.25) is 0 Å². The number of benzene rings is 1. The van der Waals surface area contributed by atoms with Gasteiger partial charge in [-0.25, -0.2) is 0 Å². The number of rotatable bonds is 0. The van der Waals surface area contributed by atoms with Crippen LogP contribution in [-0.2, 0) is 6.42 Å². The second-order valence-corrected chi connectivity index (χ2v) is 7.44. The van der Waals surface area contributed by atoms with Gasteiger partial charge in [0, 0.05) is 0 Å². The molecule has 116 valence electrons. The van der Waals surface area contributed by atoms with Crippen LogP contribution in [0.15, 0.2) is 18.2 Å². The smallest absolute Gasteiger partial charge is 0.115 e. The quantitative estimate of drug-likeness (QED) is 0.734. The summed E-state index contributed by atoms with van der Waals surface area (Å²) < 4.78 is 0. The van der Waals surface area contributed by atoms with Crippen molar-refractivity contribution in [3.63, 3.8) is 0 Å². The molecule has 0 heterocycles. The molecule has 2 fully saturated rings. The Morgan fingerprint density at radius 3 is 2.76 bits per heavy atom. The van der Waals surface area contributed by atoms with Crippen molar-refractivity contribution in [2.45, 2.75) is 57.5 Å². The van der Waals surface area contributed by atoms with Gasteiger partial charge in [0.1, 0.15) is 5.75 Å². The van der Waals surface area contributed by atoms with Gasteiger partial charge in [-0.15, -0.1) is 17.0 Å². The molecule has 3 aliphatic rings. The fourth-order valence-electron chi connectivity index (χ4n) is 5.54. The normalized spacial score (nSPS) is 40.7. The van der Waals surface area contributed by atoms with E-state index < -0.39 is 0 Å². The monoisotopic (exact) mass is 352 g/mol. The highest BCUT2D eigenvalue weighted by atomic mass is 79.9. The van der Waals surface area contributed by atoms with E-state index in [0.717, 1.165) is 25.2 Å². The van der Waals surface area contributed by atoms with Crippen LogP contribution in [0, 0.1) is 17.3 Å². The van der Waals surface area contributed by atoms with E-state index >= 15 is 0 Å². The Hall–Kier alpha value is -0.540. The van der Waals surface area contributed by atoms with E-state index in [2.05, 4.69) is 13.0 Å². The average Bonchev–Trinajstić information content (AvgIpc) is 2.74. The molecule has 5 atom stereocenters. The number of hydrogen-bond acceptors (Lipinski definition) is 2. The topological polar surface area (TPSA) is 40.5 Å². The van der Waals surface area contributed by atoms with E-state index in [9.17, 15) is 10.2 Å². The van der Waals surface area contributed by atoms with Crippen LogP contribution in [0.5, 0.6) is 5.75 Å². The van der Waals surface area contributed by atoms with Crippen molar-refractivity contribution in [3.05, 3.63) is 29.3 Å². The zero-order chi connectivity index (χ0) is 13.9. The fraction of sp³-hybridized carbons (Fsp3) is 0.667. The minimum absolute atomic E-state index is 0. The van der Waals surface area contributed by atoms with E-state index in [1.165, 1.54) is 30.4 Å². The zero-order valence-corrected chi connectivity index (χ0v) is 14.3. The Balaban J connectivity index is 0.00000132. The van der Waals surface area contributed by atoms with Gasteiger partial charge in [-0.05, 0) is 85.0 Å². The van der Waals surface area contributed by atoms with Crippen molar-refractivity contribution in [3.8, 4) is 5.75 Å². The third-order valence-electron chi connectivity index (χ3n) is 6.66. The highest BCUT2D eigenvalue weighted by molar-refractivity contribution is 8.93. The first kappa shape index (κ1) is 15.4. The molecule has 0 spiro atoms. The van der Waals surface area contributed by atoms with E-state index in [0.29, 0.717) is 17.6 Å². The number of halogens is 1. The first-order valence-corrected chi connectivity index (χ1v) is 8.09. The van der Waals surface area contributed by atoms with Crippen LogP contribution in [0.1, 0.15) is 56.1 Å². The van der Waals surface area contributed by atoms with Gasteiger partial charge in [0.2, 0.25) is 0 Å². The molecule has 0 unspecified atom stereocenters. The van der Waals surface area contributed by atoms with Crippen LogP contribution in [-0.4, -0.2) is 16.3 Å². The maximum absolute atomic E-state index is 10.4. The second-order valence-electron chi connectivity index (χ2n) is 7.44. The molecule has 2 saturated carbocycles. The minimum Gasteiger partial charge on any atom is -0.508 e. The predicted molar refractivity (Wildman–Crippen MR) is 89.1 cm³/mol. The van der Waals surface area contributed by atoms with Crippen molar-refractivity contribution in [2.75, 3.05) is 0 Å². The molecule has 0 aromatic heterocycles. The van der Waals surface area contributed by atoms with Crippen LogP contribution >= 0.6 is 17.0 Å². The lowest BCUT2D eigenvalue weighted by atomic mass is 9.55. The highest BCUT2D eigenvalue weighted by Gasteiger charge is 2.54. The molecule has 0 radical (unpaired) electrons. The lowest BCUT2D eigenvalue weighted by Crippen LogP contribution is -2.43. The first-order valence-electron chi connectivity index (χ1n) is 8.09. The Morgan fingerprint density at radius 2 is 1.95 bits per heavy atom. The molecule has 2 N–H and O–H groups in total. The lowest BCUT2D eigenvalue weighted by Gasteiger charge is -2.50. The number of aliphatic hydroxyl groups is 1. The van der Waals surface area contributed by atoms with E-state index in [4.69, 9.17) is 0 Å². The predicted octanol–water partition coefficient (Wildman–Crippen LogP) is 4.19. The van der Waals surface area contributed by atoms with Crippen LogP contribution < -0.4 is 0 Å². The SMILES string of the molecule is Br.C[C@]12CC[C@@H]3c4ccc(O)cc4CC[C@H]3[C@@H]1CC[C@H]2O. The summed E-state index contributed by atoms with van der Waals surface area (Å²) in [4.78, 5) is 0. The summed E-state index contributed by atoms with van der Waals surface area (Å²) in [5.74, 6) is 2.49. The average molecular weight is 353 g/mol. The van der Waals surface area contributed by atoms with Crippen LogP contribution in [0.3, 0.4) is 0 Å². The number of aliphatic hydroxyl groups excluding tert-OH is 1. The van der Waals surface area contributed by atoms with Crippen molar-refractivity contribution in [1.29, 1.82) is 0 Å². The molecule has 1 aromatic carbocycles. The number of fused-ring (bicyclic) bond motifs is 5. The molecular weight excluding hydrogens is 328 g/mol. The summed E-state index contributed by atoms with van der Waals surface area (Å²) in [5, 5.41) is 20.0. The summed E-state index contributed by atoms with van der Waals surface area (Å²) in [7, 11) is 0. The zero-order valence-electron chi connectivity index (χ0n) is 12.6.